The number of halogens is 2. The molecule has 7 heteroatoms. The van der Waals surface area contributed by atoms with Crippen molar-refractivity contribution in [3.8, 4) is 11.5 Å². The number of hydrogen-bond donors (Lipinski definition) is 2. The van der Waals surface area contributed by atoms with Gasteiger partial charge in [0.1, 0.15) is 11.5 Å². The van der Waals surface area contributed by atoms with E-state index in [0.717, 1.165) is 6.54 Å². The van der Waals surface area contributed by atoms with Crippen molar-refractivity contribution in [2.75, 3.05) is 13.1 Å². The van der Waals surface area contributed by atoms with E-state index < -0.39 is 0 Å². The predicted molar refractivity (Wildman–Crippen MR) is 117 cm³/mol. The maximum Gasteiger partial charge on any atom is 0.251 e. The van der Waals surface area contributed by atoms with E-state index in [1.54, 1.807) is 36.7 Å². The van der Waals surface area contributed by atoms with Crippen molar-refractivity contribution in [3.63, 3.8) is 0 Å². The molecule has 1 aliphatic rings. The lowest BCUT2D eigenvalue weighted by Crippen LogP contribution is -2.36. The van der Waals surface area contributed by atoms with Crippen molar-refractivity contribution in [3.05, 3.63) is 54.4 Å². The van der Waals surface area contributed by atoms with Gasteiger partial charge in [0.15, 0.2) is 0 Å². The Morgan fingerprint density at radius 2 is 1.68 bits per heavy atom. The normalized spacial score (nSPS) is 14.1. The number of nitrogens with zero attached hydrogens (tertiary/aromatic N) is 1. The summed E-state index contributed by atoms with van der Waals surface area (Å²) in [4.78, 5) is 16.2. The van der Waals surface area contributed by atoms with Crippen LogP contribution in [0.3, 0.4) is 0 Å². The Morgan fingerprint density at radius 3 is 2.32 bits per heavy atom. The molecule has 28 heavy (non-hydrogen) atoms. The van der Waals surface area contributed by atoms with Crippen LogP contribution in [0, 0.1) is 0 Å². The third-order valence-electron chi connectivity index (χ3n) is 4.69. The van der Waals surface area contributed by atoms with E-state index in [2.05, 4.69) is 15.6 Å². The molecule has 154 valence electrons. The Labute approximate surface area is 179 Å². The van der Waals surface area contributed by atoms with Gasteiger partial charge in [0, 0.05) is 30.9 Å². The molecular formula is C21H29Cl2N3O2. The highest BCUT2D eigenvalue weighted by Gasteiger charge is 2.11. The summed E-state index contributed by atoms with van der Waals surface area (Å²) in [6.45, 7) is 1.46. The average Bonchev–Trinajstić information content (AvgIpc) is 2.95. The molecule has 1 aliphatic carbocycles. The molecule has 1 saturated carbocycles. The first-order valence-corrected chi connectivity index (χ1v) is 9.51. The molecule has 3 rings (SSSR count). The molecule has 0 radical (unpaired) electrons. The van der Waals surface area contributed by atoms with Gasteiger partial charge in [-0.2, -0.15) is 0 Å². The first-order valence-electron chi connectivity index (χ1n) is 9.51. The van der Waals surface area contributed by atoms with Crippen molar-refractivity contribution >= 4 is 30.7 Å². The van der Waals surface area contributed by atoms with Gasteiger partial charge in [-0.15, -0.1) is 24.8 Å². The lowest BCUT2D eigenvalue weighted by molar-refractivity contribution is 0.0953. The molecule has 0 unspecified atom stereocenters. The molecule has 0 saturated heterocycles. The summed E-state index contributed by atoms with van der Waals surface area (Å²) in [5, 5.41) is 6.54. The zero-order valence-electron chi connectivity index (χ0n) is 15.9. The lowest BCUT2D eigenvalue weighted by atomic mass is 10.1. The van der Waals surface area contributed by atoms with Crippen molar-refractivity contribution in [2.45, 2.75) is 44.6 Å². The van der Waals surface area contributed by atoms with E-state index in [-0.39, 0.29) is 30.7 Å². The third kappa shape index (κ3) is 8.05. The minimum absolute atomic E-state index is 0. The zero-order valence-corrected chi connectivity index (χ0v) is 17.6. The zero-order chi connectivity index (χ0) is 18.0. The minimum Gasteiger partial charge on any atom is -0.456 e. The number of benzene rings is 1. The van der Waals surface area contributed by atoms with Crippen LogP contribution in [0.2, 0.25) is 0 Å². The van der Waals surface area contributed by atoms with Crippen molar-refractivity contribution in [1.82, 2.24) is 15.6 Å². The fourth-order valence-electron chi connectivity index (χ4n) is 3.26. The van der Waals surface area contributed by atoms with E-state index >= 15 is 0 Å². The monoisotopic (exact) mass is 425 g/mol. The highest BCUT2D eigenvalue weighted by molar-refractivity contribution is 5.94. The second kappa shape index (κ2) is 13.4. The maximum absolute atomic E-state index is 12.2. The molecule has 1 aromatic heterocycles. The number of aromatic nitrogens is 1. The molecule has 0 bridgehead atoms. The summed E-state index contributed by atoms with van der Waals surface area (Å²) in [5.41, 5.74) is 0.637. The Kier molecular flexibility index (Phi) is 11.6. The van der Waals surface area contributed by atoms with Gasteiger partial charge in [-0.05, 0) is 49.2 Å². The molecule has 1 heterocycles. The highest BCUT2D eigenvalue weighted by Crippen LogP contribution is 2.20. The van der Waals surface area contributed by atoms with Gasteiger partial charge in [0.2, 0.25) is 0 Å². The van der Waals surface area contributed by atoms with Crippen LogP contribution in [0.1, 0.15) is 48.9 Å². The fraction of sp³-hybridized carbons (Fsp3) is 0.429. The number of amides is 1. The van der Waals surface area contributed by atoms with Crippen LogP contribution in [0.4, 0.5) is 0 Å². The summed E-state index contributed by atoms with van der Waals surface area (Å²) < 4.78 is 5.68. The molecule has 2 N–H and O–H groups in total. The molecule has 0 atom stereocenters. The summed E-state index contributed by atoms with van der Waals surface area (Å²) in [5.74, 6) is 1.31. The Hall–Kier alpha value is -1.82. The van der Waals surface area contributed by atoms with Gasteiger partial charge in [0.25, 0.3) is 5.91 Å². The predicted octanol–water partition coefficient (Wildman–Crippen LogP) is 4.76. The fourth-order valence-corrected chi connectivity index (χ4v) is 3.26. The Bertz CT molecular complexity index is 676. The first-order chi connectivity index (χ1) is 12.8. The van der Waals surface area contributed by atoms with Crippen molar-refractivity contribution < 1.29 is 9.53 Å². The number of pyridine rings is 1. The standard InChI is InChI=1S/C21H27N3O2.2ClH/c25-21(24-15-14-23-18-6-3-1-2-4-7-18)17-9-11-19(12-10-17)26-20-8-5-13-22-16-20;;/h5,8-13,16,18,23H,1-4,6-7,14-15H2,(H,24,25);2*1H. The smallest absolute Gasteiger partial charge is 0.251 e. The number of nitrogens with one attached hydrogen (secondary N) is 2. The Balaban J connectivity index is 0.00000196. The van der Waals surface area contributed by atoms with E-state index in [4.69, 9.17) is 4.74 Å². The molecular weight excluding hydrogens is 397 g/mol. The van der Waals surface area contributed by atoms with E-state index in [0.29, 0.717) is 29.6 Å². The maximum atomic E-state index is 12.2. The number of rotatable bonds is 7. The molecule has 1 amide bonds. The highest BCUT2D eigenvalue weighted by atomic mass is 35.5. The van der Waals surface area contributed by atoms with Gasteiger partial charge in [-0.1, -0.05) is 25.7 Å². The van der Waals surface area contributed by atoms with Crippen LogP contribution in [0.5, 0.6) is 11.5 Å². The first kappa shape index (κ1) is 24.2. The van der Waals surface area contributed by atoms with Crippen LogP contribution in [-0.4, -0.2) is 30.0 Å². The summed E-state index contributed by atoms with van der Waals surface area (Å²) in [6.07, 6.45) is 11.2. The van der Waals surface area contributed by atoms with Gasteiger partial charge in [-0.25, -0.2) is 0 Å². The van der Waals surface area contributed by atoms with E-state index in [1.807, 2.05) is 12.1 Å². The largest absolute Gasteiger partial charge is 0.456 e. The van der Waals surface area contributed by atoms with Gasteiger partial charge in [0.05, 0.1) is 6.20 Å². The summed E-state index contributed by atoms with van der Waals surface area (Å²) >= 11 is 0. The van der Waals surface area contributed by atoms with Crippen LogP contribution in [0.25, 0.3) is 0 Å². The van der Waals surface area contributed by atoms with Crippen molar-refractivity contribution in [1.29, 1.82) is 0 Å². The van der Waals surface area contributed by atoms with Crippen LogP contribution < -0.4 is 15.4 Å². The van der Waals surface area contributed by atoms with Crippen LogP contribution in [0.15, 0.2) is 48.8 Å². The summed E-state index contributed by atoms with van der Waals surface area (Å²) in [7, 11) is 0. The van der Waals surface area contributed by atoms with Gasteiger partial charge < -0.3 is 15.4 Å². The SMILES string of the molecule is Cl.Cl.O=C(NCCNC1CCCCCC1)c1ccc(Oc2cccnc2)cc1. The molecule has 0 aliphatic heterocycles. The second-order valence-electron chi connectivity index (χ2n) is 6.71. The van der Waals surface area contributed by atoms with E-state index in [9.17, 15) is 4.79 Å². The molecule has 2 aromatic rings. The lowest BCUT2D eigenvalue weighted by Gasteiger charge is -2.16. The van der Waals surface area contributed by atoms with Crippen molar-refractivity contribution in [2.24, 2.45) is 0 Å². The van der Waals surface area contributed by atoms with Gasteiger partial charge in [-0.3, -0.25) is 9.78 Å². The number of carbonyl (C=O) groups is 1. The average molecular weight is 426 g/mol. The molecule has 5 nitrogen and oxygen atoms in total. The number of carbonyl (C=O) groups excluding carboxylic acids is 1. The number of hydrogen-bond acceptors (Lipinski definition) is 4. The number of ether oxygens (including phenoxy) is 1. The topological polar surface area (TPSA) is 63.2 Å². The molecule has 0 spiro atoms. The summed E-state index contributed by atoms with van der Waals surface area (Å²) in [6, 6.07) is 11.4. The Morgan fingerprint density at radius 1 is 0.964 bits per heavy atom. The van der Waals surface area contributed by atoms with Gasteiger partial charge >= 0.3 is 0 Å². The second-order valence-corrected chi connectivity index (χ2v) is 6.71. The van der Waals surface area contributed by atoms with Crippen LogP contribution in [-0.2, 0) is 0 Å². The third-order valence-corrected chi connectivity index (χ3v) is 4.69. The molecule has 1 aromatic carbocycles. The van der Waals surface area contributed by atoms with E-state index in [1.165, 1.54) is 38.5 Å². The van der Waals surface area contributed by atoms with Crippen LogP contribution >= 0.6 is 24.8 Å². The molecule has 1 fully saturated rings. The quantitative estimate of drug-likeness (QED) is 0.495. The minimum atomic E-state index is -0.0550.